The molecule has 1 atom stereocenters. The number of nitriles is 1. The normalized spacial score (nSPS) is 14.2. The van der Waals surface area contributed by atoms with E-state index >= 15 is 0 Å². The Bertz CT molecular complexity index is 1530. The first-order chi connectivity index (χ1) is 17.4. The Labute approximate surface area is 212 Å². The van der Waals surface area contributed by atoms with Crippen molar-refractivity contribution in [3.05, 3.63) is 81.5 Å². The average Bonchev–Trinajstić information content (AvgIpc) is 3.37. The number of aliphatic imine (C=N–C) groups is 1. The van der Waals surface area contributed by atoms with Gasteiger partial charge in [-0.15, -0.1) is 21.5 Å². The van der Waals surface area contributed by atoms with Crippen molar-refractivity contribution in [1.82, 2.24) is 19.7 Å². The van der Waals surface area contributed by atoms with Crippen molar-refractivity contribution in [3.63, 3.8) is 0 Å². The molecule has 0 fully saturated rings. The second-order valence-corrected chi connectivity index (χ2v) is 9.63. The lowest BCUT2D eigenvalue weighted by Crippen LogP contribution is -2.12. The van der Waals surface area contributed by atoms with Gasteiger partial charge in [0.15, 0.2) is 5.82 Å². The molecule has 36 heavy (non-hydrogen) atoms. The molecule has 1 aromatic carbocycles. The Morgan fingerprint density at radius 1 is 1.14 bits per heavy atom. The number of ether oxygens (including phenoxy) is 1. The maximum Gasteiger partial charge on any atom is 0.308 e. The van der Waals surface area contributed by atoms with E-state index in [0.717, 1.165) is 44.6 Å². The number of pyridine rings is 1. The summed E-state index contributed by atoms with van der Waals surface area (Å²) in [5.74, 6) is 1.01. The fourth-order valence-electron chi connectivity index (χ4n) is 4.18. The van der Waals surface area contributed by atoms with Crippen molar-refractivity contribution in [2.24, 2.45) is 4.99 Å². The molecule has 1 aliphatic heterocycles. The zero-order valence-corrected chi connectivity index (χ0v) is 21.1. The molecule has 4 aromatic rings. The number of methoxy groups -OCH3 is 1. The molecule has 0 bridgehead atoms. The first kappa shape index (κ1) is 23.4. The SMILES string of the molecule is COC(=O)C[C@@H]1N=C(c2ccc(Nc3ccc(C#N)nc3)cc2)c2c(sc(C)c2C)-n2c(C)nnc21. The van der Waals surface area contributed by atoms with Crippen LogP contribution in [0.2, 0.25) is 0 Å². The van der Waals surface area contributed by atoms with Gasteiger partial charge in [0.1, 0.15) is 28.6 Å². The van der Waals surface area contributed by atoms with Crippen LogP contribution in [0.3, 0.4) is 0 Å². The summed E-state index contributed by atoms with van der Waals surface area (Å²) in [6.45, 7) is 6.09. The van der Waals surface area contributed by atoms with Crippen LogP contribution in [0.4, 0.5) is 11.4 Å². The quantitative estimate of drug-likeness (QED) is 0.396. The lowest BCUT2D eigenvalue weighted by molar-refractivity contribution is -0.141. The molecule has 180 valence electrons. The van der Waals surface area contributed by atoms with E-state index in [1.54, 1.807) is 23.6 Å². The summed E-state index contributed by atoms with van der Waals surface area (Å²) >= 11 is 1.67. The molecule has 0 spiro atoms. The monoisotopic (exact) mass is 497 g/mol. The third-order valence-corrected chi connectivity index (χ3v) is 7.34. The molecule has 0 saturated carbocycles. The number of thiophene rings is 1. The number of esters is 1. The highest BCUT2D eigenvalue weighted by Crippen LogP contribution is 2.39. The van der Waals surface area contributed by atoms with E-state index in [0.29, 0.717) is 11.5 Å². The van der Waals surface area contributed by atoms with Gasteiger partial charge in [0.2, 0.25) is 0 Å². The zero-order valence-electron chi connectivity index (χ0n) is 20.2. The highest BCUT2D eigenvalue weighted by molar-refractivity contribution is 7.15. The Kier molecular flexibility index (Phi) is 6.08. The smallest absolute Gasteiger partial charge is 0.308 e. The number of nitrogens with zero attached hydrogens (tertiary/aromatic N) is 6. The number of aromatic nitrogens is 4. The standard InChI is InChI=1S/C26H23N7O2S/c1-14-15(2)36-26-23(14)24(30-21(11-22(34)35-4)25-32-31-16(3)33(25)26)17-5-7-18(8-6-17)29-20-10-9-19(12-27)28-13-20/h5-10,13,21,29H,11H2,1-4H3/t21-/m0/s1. The van der Waals surface area contributed by atoms with Gasteiger partial charge < -0.3 is 10.1 Å². The molecule has 9 nitrogen and oxygen atoms in total. The molecule has 0 radical (unpaired) electrons. The minimum atomic E-state index is -0.532. The highest BCUT2D eigenvalue weighted by Gasteiger charge is 2.32. The molecule has 4 heterocycles. The van der Waals surface area contributed by atoms with Crippen LogP contribution in [0.25, 0.3) is 5.00 Å². The first-order valence-corrected chi connectivity index (χ1v) is 12.1. The third-order valence-electron chi connectivity index (χ3n) is 6.15. The number of fused-ring (bicyclic) bond motifs is 3. The molecule has 3 aromatic heterocycles. The predicted molar refractivity (Wildman–Crippen MR) is 137 cm³/mol. The van der Waals surface area contributed by atoms with Crippen LogP contribution >= 0.6 is 11.3 Å². The van der Waals surface area contributed by atoms with Crippen molar-refractivity contribution in [3.8, 4) is 11.1 Å². The number of anilines is 2. The lowest BCUT2D eigenvalue weighted by atomic mass is 9.99. The van der Waals surface area contributed by atoms with E-state index < -0.39 is 6.04 Å². The van der Waals surface area contributed by atoms with Gasteiger partial charge in [0, 0.05) is 21.7 Å². The van der Waals surface area contributed by atoms with Gasteiger partial charge in [-0.25, -0.2) is 4.98 Å². The fraction of sp³-hybridized carbons (Fsp3) is 0.231. The second kappa shape index (κ2) is 9.36. The van der Waals surface area contributed by atoms with Crippen LogP contribution in [0.1, 0.15) is 51.4 Å². The van der Waals surface area contributed by atoms with Crippen molar-refractivity contribution in [2.45, 2.75) is 33.2 Å². The third kappa shape index (κ3) is 4.14. The molecule has 10 heteroatoms. The Morgan fingerprint density at radius 3 is 2.56 bits per heavy atom. The first-order valence-electron chi connectivity index (χ1n) is 11.3. The maximum absolute atomic E-state index is 12.3. The van der Waals surface area contributed by atoms with Gasteiger partial charge in [-0.3, -0.25) is 14.4 Å². The van der Waals surface area contributed by atoms with Crippen molar-refractivity contribution in [1.29, 1.82) is 5.26 Å². The van der Waals surface area contributed by atoms with Crippen LogP contribution in [0, 0.1) is 32.1 Å². The number of nitrogens with one attached hydrogen (secondary N) is 1. The molecule has 5 rings (SSSR count). The van der Waals surface area contributed by atoms with Gasteiger partial charge in [-0.1, -0.05) is 12.1 Å². The van der Waals surface area contributed by atoms with Gasteiger partial charge in [-0.2, -0.15) is 5.26 Å². The van der Waals surface area contributed by atoms with Crippen LogP contribution in [-0.2, 0) is 9.53 Å². The van der Waals surface area contributed by atoms with Crippen molar-refractivity contribution < 1.29 is 9.53 Å². The van der Waals surface area contributed by atoms with Crippen molar-refractivity contribution >= 4 is 34.4 Å². The van der Waals surface area contributed by atoms with Crippen LogP contribution in [0.5, 0.6) is 0 Å². The number of hydrogen-bond donors (Lipinski definition) is 1. The van der Waals surface area contributed by atoms with Crippen LogP contribution < -0.4 is 5.32 Å². The van der Waals surface area contributed by atoms with Gasteiger partial charge >= 0.3 is 5.97 Å². The Balaban J connectivity index is 1.57. The largest absolute Gasteiger partial charge is 0.469 e. The highest BCUT2D eigenvalue weighted by atomic mass is 32.1. The number of carbonyl (C=O) groups excluding carboxylic acids is 1. The molecule has 0 unspecified atom stereocenters. The van der Waals surface area contributed by atoms with E-state index in [2.05, 4.69) is 34.3 Å². The number of hydrogen-bond acceptors (Lipinski definition) is 9. The molecule has 0 amide bonds. The summed E-state index contributed by atoms with van der Waals surface area (Å²) in [6, 6.07) is 12.9. The van der Waals surface area contributed by atoms with E-state index in [-0.39, 0.29) is 12.4 Å². The van der Waals surface area contributed by atoms with Gasteiger partial charge in [-0.05, 0) is 50.6 Å². The Hall–Kier alpha value is -4.36. The van der Waals surface area contributed by atoms with Gasteiger partial charge in [0.25, 0.3) is 0 Å². The summed E-state index contributed by atoms with van der Waals surface area (Å²) in [6.07, 6.45) is 1.69. The maximum atomic E-state index is 12.3. The van der Waals surface area contributed by atoms with Crippen LogP contribution in [0.15, 0.2) is 47.6 Å². The number of rotatable bonds is 5. The molecular weight excluding hydrogens is 474 g/mol. The minimum Gasteiger partial charge on any atom is -0.469 e. The molecule has 1 N–H and O–H groups in total. The van der Waals surface area contributed by atoms with E-state index in [1.807, 2.05) is 47.9 Å². The summed E-state index contributed by atoms with van der Waals surface area (Å²) in [5.41, 5.74) is 5.91. The predicted octanol–water partition coefficient (Wildman–Crippen LogP) is 4.72. The topological polar surface area (TPSA) is 118 Å². The van der Waals surface area contributed by atoms with E-state index in [9.17, 15) is 4.79 Å². The number of carbonyl (C=O) groups is 1. The number of aryl methyl sites for hydroxylation is 2. The molecule has 0 saturated heterocycles. The fourth-order valence-corrected chi connectivity index (χ4v) is 5.39. The van der Waals surface area contributed by atoms with E-state index in [4.69, 9.17) is 15.0 Å². The zero-order chi connectivity index (χ0) is 25.4. The van der Waals surface area contributed by atoms with E-state index in [1.165, 1.54) is 12.0 Å². The summed E-state index contributed by atoms with van der Waals surface area (Å²) < 4.78 is 6.96. The summed E-state index contributed by atoms with van der Waals surface area (Å²) in [5, 5.41) is 21.9. The summed E-state index contributed by atoms with van der Waals surface area (Å²) in [7, 11) is 1.37. The van der Waals surface area contributed by atoms with Crippen LogP contribution in [-0.4, -0.2) is 38.5 Å². The minimum absolute atomic E-state index is 0.0659. The average molecular weight is 498 g/mol. The second-order valence-electron chi connectivity index (χ2n) is 8.42. The van der Waals surface area contributed by atoms with Crippen molar-refractivity contribution in [2.75, 3.05) is 12.4 Å². The molecule has 0 aliphatic carbocycles. The van der Waals surface area contributed by atoms with Gasteiger partial charge in [0.05, 0.1) is 31.1 Å². The Morgan fingerprint density at radius 2 is 1.89 bits per heavy atom. The lowest BCUT2D eigenvalue weighted by Gasteiger charge is -2.12. The summed E-state index contributed by atoms with van der Waals surface area (Å²) in [4.78, 5) is 22.6. The number of benzene rings is 1. The molecular formula is C26H23N7O2S. The molecule has 1 aliphatic rings.